The van der Waals surface area contributed by atoms with Crippen LogP contribution >= 0.6 is 11.3 Å². The lowest BCUT2D eigenvalue weighted by molar-refractivity contribution is 0.0937. The van der Waals surface area contributed by atoms with Gasteiger partial charge in [0.1, 0.15) is 6.61 Å². The Morgan fingerprint density at radius 2 is 1.94 bits per heavy atom. The summed E-state index contributed by atoms with van der Waals surface area (Å²) in [5, 5.41) is 22.9. The third-order valence-electron chi connectivity index (χ3n) is 5.66. The lowest BCUT2D eigenvalue weighted by Crippen LogP contribution is -2.07. The molecule has 176 valence electrons. The van der Waals surface area contributed by atoms with Crippen molar-refractivity contribution in [3.63, 3.8) is 0 Å². The van der Waals surface area contributed by atoms with E-state index >= 15 is 0 Å². The van der Waals surface area contributed by atoms with Gasteiger partial charge in [-0.1, -0.05) is 24.3 Å². The number of carbonyl (C=O) groups is 1. The number of aliphatic hydroxyl groups is 2. The Morgan fingerprint density at radius 1 is 1.12 bits per heavy atom. The highest BCUT2D eigenvalue weighted by Crippen LogP contribution is 2.35. The summed E-state index contributed by atoms with van der Waals surface area (Å²) in [5.41, 5.74) is 4.10. The number of benzene rings is 2. The van der Waals surface area contributed by atoms with E-state index in [9.17, 15) is 9.90 Å². The van der Waals surface area contributed by atoms with E-state index in [1.165, 1.54) is 17.4 Å². The predicted octanol–water partition coefficient (Wildman–Crippen LogP) is 5.35. The number of aliphatic hydroxyl groups excluding tert-OH is 2. The van der Waals surface area contributed by atoms with Crippen LogP contribution in [0.1, 0.15) is 40.6 Å². The normalized spacial score (nSPS) is 12.0. The molecule has 0 bridgehead atoms. The van der Waals surface area contributed by atoms with Crippen LogP contribution in [0.4, 0.5) is 0 Å². The van der Waals surface area contributed by atoms with Crippen LogP contribution in [0.5, 0.6) is 11.5 Å². The highest BCUT2D eigenvalue weighted by atomic mass is 32.1. The van der Waals surface area contributed by atoms with E-state index < -0.39 is 6.10 Å². The number of pyridine rings is 1. The van der Waals surface area contributed by atoms with Gasteiger partial charge in [-0.05, 0) is 49.2 Å². The average molecular weight is 478 g/mol. The van der Waals surface area contributed by atoms with Crippen LogP contribution in [0.2, 0.25) is 0 Å². The number of thiophene rings is 1. The van der Waals surface area contributed by atoms with Crippen molar-refractivity contribution in [2.75, 3.05) is 20.3 Å². The summed E-state index contributed by atoms with van der Waals surface area (Å²) in [7, 11) is 1.50. The number of methoxy groups -OCH3 is 1. The van der Waals surface area contributed by atoms with E-state index in [4.69, 9.17) is 19.6 Å². The predicted molar refractivity (Wildman–Crippen MR) is 134 cm³/mol. The maximum Gasteiger partial charge on any atom is 0.163 e. The first kappa shape index (κ1) is 23.9. The largest absolute Gasteiger partial charge is 0.493 e. The zero-order chi connectivity index (χ0) is 24.1. The van der Waals surface area contributed by atoms with Crippen LogP contribution in [0, 0.1) is 6.92 Å². The molecule has 7 heteroatoms. The first-order valence-electron chi connectivity index (χ1n) is 11.1. The summed E-state index contributed by atoms with van der Waals surface area (Å²) in [4.78, 5) is 17.4. The Kier molecular flexibility index (Phi) is 7.57. The molecule has 0 radical (unpaired) electrons. The van der Waals surface area contributed by atoms with Crippen LogP contribution in [-0.4, -0.2) is 41.3 Å². The van der Waals surface area contributed by atoms with Gasteiger partial charge in [0.15, 0.2) is 17.3 Å². The third kappa shape index (κ3) is 5.12. The van der Waals surface area contributed by atoms with Crippen molar-refractivity contribution in [2.24, 2.45) is 0 Å². The molecule has 2 N–H and O–H groups in total. The van der Waals surface area contributed by atoms with Gasteiger partial charge in [0, 0.05) is 33.0 Å². The first-order chi connectivity index (χ1) is 16.5. The second kappa shape index (κ2) is 10.8. The quantitative estimate of drug-likeness (QED) is 0.300. The minimum atomic E-state index is -0.857. The van der Waals surface area contributed by atoms with E-state index in [0.29, 0.717) is 22.8 Å². The number of Topliss-reactive ketones (excluding diaryl/α,β-unsaturated/α-hetero) is 1. The van der Waals surface area contributed by atoms with Crippen LogP contribution in [-0.2, 0) is 0 Å². The fraction of sp³-hybridized carbons (Fsp3) is 0.259. The van der Waals surface area contributed by atoms with Gasteiger partial charge in [-0.15, -0.1) is 11.3 Å². The maximum absolute atomic E-state index is 12.7. The molecule has 0 fully saturated rings. The maximum atomic E-state index is 12.7. The Bertz CT molecular complexity index is 1300. The average Bonchev–Trinajstić information content (AvgIpc) is 3.31. The fourth-order valence-electron chi connectivity index (χ4n) is 3.86. The Balaban J connectivity index is 1.46. The standard InChI is InChI=1S/C27H27NO5S/c1-17-5-3-6-19-20(16-34-27(17)19)21-7-4-8-22(28-21)24(31)11-10-23(30)18-9-12-25(33-14-13-29)26(15-18)32-2/h3-9,12,15-16,24,29,31H,10-11,13-14H2,1-2H3. The number of hydrogen-bond acceptors (Lipinski definition) is 7. The number of fused-ring (bicyclic) bond motifs is 1. The van der Waals surface area contributed by atoms with E-state index in [2.05, 4.69) is 24.4 Å². The van der Waals surface area contributed by atoms with Gasteiger partial charge < -0.3 is 19.7 Å². The highest BCUT2D eigenvalue weighted by molar-refractivity contribution is 7.18. The van der Waals surface area contributed by atoms with Crippen LogP contribution in [0.15, 0.2) is 60.0 Å². The highest BCUT2D eigenvalue weighted by Gasteiger charge is 2.17. The number of aryl methyl sites for hydroxylation is 1. The Labute approximate surface area is 202 Å². The molecule has 0 spiro atoms. The van der Waals surface area contributed by atoms with Gasteiger partial charge in [-0.2, -0.15) is 0 Å². The van der Waals surface area contributed by atoms with Gasteiger partial charge in [0.2, 0.25) is 0 Å². The number of ketones is 1. The molecule has 1 unspecified atom stereocenters. The Morgan fingerprint density at radius 3 is 2.74 bits per heavy atom. The van der Waals surface area contributed by atoms with Crippen LogP contribution < -0.4 is 9.47 Å². The number of carbonyl (C=O) groups excluding carboxylic acids is 1. The topological polar surface area (TPSA) is 88.9 Å². The molecule has 4 aromatic rings. The lowest BCUT2D eigenvalue weighted by atomic mass is 10.0. The molecule has 0 aliphatic carbocycles. The summed E-state index contributed by atoms with van der Waals surface area (Å²) in [6.07, 6.45) is -0.443. The van der Waals surface area contributed by atoms with Crippen molar-refractivity contribution in [3.05, 3.63) is 76.8 Å². The molecule has 0 amide bonds. The molecule has 6 nitrogen and oxygen atoms in total. The molecular weight excluding hydrogens is 450 g/mol. The van der Waals surface area contributed by atoms with Crippen molar-refractivity contribution >= 4 is 27.2 Å². The molecule has 0 aliphatic heterocycles. The SMILES string of the molecule is COc1cc(C(=O)CCC(O)c2cccc(-c3csc4c(C)cccc34)n2)ccc1OCCO. The molecule has 4 rings (SSSR count). The lowest BCUT2D eigenvalue weighted by Gasteiger charge is -2.13. The minimum Gasteiger partial charge on any atom is -0.493 e. The molecule has 1 atom stereocenters. The second-order valence-corrected chi connectivity index (χ2v) is 8.84. The number of ether oxygens (including phenoxy) is 2. The summed E-state index contributed by atoms with van der Waals surface area (Å²) in [5.74, 6) is 0.777. The fourth-order valence-corrected chi connectivity index (χ4v) is 4.91. The van der Waals surface area contributed by atoms with Crippen molar-refractivity contribution in [1.29, 1.82) is 0 Å². The molecular formula is C27H27NO5S. The second-order valence-electron chi connectivity index (χ2n) is 7.96. The number of nitrogens with zero attached hydrogens (tertiary/aromatic N) is 1. The van der Waals surface area contributed by atoms with Gasteiger partial charge in [-0.3, -0.25) is 9.78 Å². The molecule has 0 aliphatic rings. The Hall–Kier alpha value is -3.26. The summed E-state index contributed by atoms with van der Waals surface area (Å²) in [6.45, 7) is 2.13. The monoisotopic (exact) mass is 477 g/mol. The van der Waals surface area contributed by atoms with Crippen LogP contribution in [0.3, 0.4) is 0 Å². The number of rotatable bonds is 10. The van der Waals surface area contributed by atoms with Gasteiger partial charge >= 0.3 is 0 Å². The molecule has 34 heavy (non-hydrogen) atoms. The molecule has 2 aromatic carbocycles. The van der Waals surface area contributed by atoms with Gasteiger partial charge in [0.25, 0.3) is 0 Å². The van der Waals surface area contributed by atoms with E-state index in [1.807, 2.05) is 18.2 Å². The molecule has 0 saturated heterocycles. The summed E-state index contributed by atoms with van der Waals surface area (Å²) in [6, 6.07) is 16.8. The third-order valence-corrected chi connectivity index (χ3v) is 6.80. The number of hydrogen-bond donors (Lipinski definition) is 2. The van der Waals surface area contributed by atoms with E-state index in [1.54, 1.807) is 35.6 Å². The van der Waals surface area contributed by atoms with Crippen molar-refractivity contribution in [2.45, 2.75) is 25.9 Å². The zero-order valence-corrected chi connectivity index (χ0v) is 20.0. The molecule has 2 heterocycles. The number of aromatic nitrogens is 1. The van der Waals surface area contributed by atoms with Crippen molar-refractivity contribution in [1.82, 2.24) is 4.98 Å². The first-order valence-corrected chi connectivity index (χ1v) is 12.0. The van der Waals surface area contributed by atoms with Gasteiger partial charge in [0.05, 0.1) is 31.2 Å². The molecule has 2 aromatic heterocycles. The molecule has 0 saturated carbocycles. The van der Waals surface area contributed by atoms with Gasteiger partial charge in [-0.25, -0.2) is 0 Å². The minimum absolute atomic E-state index is 0.110. The van der Waals surface area contributed by atoms with Crippen molar-refractivity contribution < 1.29 is 24.5 Å². The van der Waals surface area contributed by atoms with Crippen LogP contribution in [0.25, 0.3) is 21.3 Å². The zero-order valence-electron chi connectivity index (χ0n) is 19.2. The van der Waals surface area contributed by atoms with E-state index in [0.717, 1.165) is 16.6 Å². The van der Waals surface area contributed by atoms with Crippen molar-refractivity contribution in [3.8, 4) is 22.8 Å². The van der Waals surface area contributed by atoms with E-state index in [-0.39, 0.29) is 31.8 Å². The smallest absolute Gasteiger partial charge is 0.163 e. The summed E-state index contributed by atoms with van der Waals surface area (Å²) >= 11 is 1.69. The summed E-state index contributed by atoms with van der Waals surface area (Å²) < 4.78 is 11.9.